The van der Waals surface area contributed by atoms with E-state index in [0.29, 0.717) is 6.42 Å². The number of halogens is 1. The fraction of sp³-hybridized carbons (Fsp3) is 0.462. The van der Waals surface area contributed by atoms with Gasteiger partial charge in [-0.25, -0.2) is 12.8 Å². The first-order valence-electron chi connectivity index (χ1n) is 6.15. The molecule has 0 heterocycles. The minimum atomic E-state index is -3.60. The number of sulfonamides is 1. The number of anilines is 1. The van der Waals surface area contributed by atoms with Gasteiger partial charge >= 0.3 is 0 Å². The van der Waals surface area contributed by atoms with Gasteiger partial charge in [0, 0.05) is 5.56 Å². The van der Waals surface area contributed by atoms with Crippen molar-refractivity contribution in [2.45, 2.75) is 27.2 Å². The lowest BCUT2D eigenvalue weighted by Crippen LogP contribution is -2.21. The summed E-state index contributed by atoms with van der Waals surface area (Å²) < 4.78 is 39.7. The maximum absolute atomic E-state index is 13.7. The Morgan fingerprint density at radius 2 is 2.00 bits per heavy atom. The summed E-state index contributed by atoms with van der Waals surface area (Å²) in [6.07, 6.45) is 0.468. The highest BCUT2D eigenvalue weighted by molar-refractivity contribution is 7.92. The predicted molar refractivity (Wildman–Crippen MR) is 78.9 cm³/mol. The van der Waals surface area contributed by atoms with Crippen LogP contribution in [0, 0.1) is 16.6 Å². The summed E-state index contributed by atoms with van der Waals surface area (Å²) in [6.45, 7) is 5.81. The van der Waals surface area contributed by atoms with Crippen LogP contribution in [-0.4, -0.2) is 20.0 Å². The van der Waals surface area contributed by atoms with Crippen molar-refractivity contribution in [1.82, 2.24) is 0 Å². The molecule has 0 saturated carbocycles. The van der Waals surface area contributed by atoms with Gasteiger partial charge in [0.1, 0.15) is 11.7 Å². The molecule has 1 aromatic rings. The maximum atomic E-state index is 13.7. The molecule has 20 heavy (non-hydrogen) atoms. The van der Waals surface area contributed by atoms with Crippen LogP contribution >= 0.6 is 0 Å². The van der Waals surface area contributed by atoms with Crippen molar-refractivity contribution in [2.75, 3.05) is 10.5 Å². The van der Waals surface area contributed by atoms with Crippen molar-refractivity contribution in [3.8, 4) is 0 Å². The summed E-state index contributed by atoms with van der Waals surface area (Å²) in [6, 6.07) is 3.69. The van der Waals surface area contributed by atoms with Gasteiger partial charge in [-0.3, -0.25) is 10.1 Å². The Hall–Kier alpha value is -1.63. The number of amidine groups is 1. The molecule has 0 aliphatic rings. The highest BCUT2D eigenvalue weighted by atomic mass is 32.2. The van der Waals surface area contributed by atoms with Crippen LogP contribution in [0.3, 0.4) is 0 Å². The van der Waals surface area contributed by atoms with Crippen molar-refractivity contribution in [3.63, 3.8) is 0 Å². The van der Waals surface area contributed by atoms with Crippen LogP contribution in [0.4, 0.5) is 10.1 Å². The van der Waals surface area contributed by atoms with E-state index in [-0.39, 0.29) is 28.3 Å². The molecule has 0 unspecified atom stereocenters. The van der Waals surface area contributed by atoms with Gasteiger partial charge in [-0.15, -0.1) is 0 Å². The summed E-state index contributed by atoms with van der Waals surface area (Å²) in [4.78, 5) is 0. The van der Waals surface area contributed by atoms with Crippen LogP contribution in [0.1, 0.15) is 32.8 Å². The van der Waals surface area contributed by atoms with Crippen LogP contribution < -0.4 is 10.5 Å². The molecule has 5 nitrogen and oxygen atoms in total. The van der Waals surface area contributed by atoms with Gasteiger partial charge in [0.15, 0.2) is 0 Å². The second-order valence-electron chi connectivity index (χ2n) is 5.84. The highest BCUT2D eigenvalue weighted by Crippen LogP contribution is 2.21. The molecule has 0 aliphatic carbocycles. The van der Waals surface area contributed by atoms with Crippen molar-refractivity contribution >= 4 is 21.5 Å². The molecule has 0 atom stereocenters. The molecule has 7 heteroatoms. The zero-order chi connectivity index (χ0) is 15.6. The van der Waals surface area contributed by atoms with Crippen molar-refractivity contribution < 1.29 is 12.8 Å². The summed E-state index contributed by atoms with van der Waals surface area (Å²) in [5.74, 6) is -1.10. The van der Waals surface area contributed by atoms with E-state index in [9.17, 15) is 12.8 Å². The smallest absolute Gasteiger partial charge is 0.232 e. The Balaban J connectivity index is 2.85. The predicted octanol–water partition coefficient (Wildman–Crippen LogP) is 2.29. The molecule has 0 aromatic heterocycles. The van der Waals surface area contributed by atoms with E-state index in [1.54, 1.807) is 0 Å². The van der Waals surface area contributed by atoms with Gasteiger partial charge < -0.3 is 5.73 Å². The molecule has 112 valence electrons. The third kappa shape index (κ3) is 5.16. The molecular formula is C13H20FN3O2S. The first kappa shape index (κ1) is 16.4. The Labute approximate surface area is 118 Å². The Kier molecular flexibility index (Phi) is 4.75. The number of hydrogen-bond donors (Lipinski definition) is 3. The number of benzene rings is 1. The topological polar surface area (TPSA) is 96.0 Å². The highest BCUT2D eigenvalue weighted by Gasteiger charge is 2.18. The lowest BCUT2D eigenvalue weighted by atomic mass is 9.94. The van der Waals surface area contributed by atoms with Crippen molar-refractivity contribution in [1.29, 1.82) is 5.41 Å². The number of hydrogen-bond acceptors (Lipinski definition) is 3. The van der Waals surface area contributed by atoms with Gasteiger partial charge in [-0.2, -0.15) is 0 Å². The molecule has 1 rings (SSSR count). The van der Waals surface area contributed by atoms with E-state index in [1.807, 2.05) is 20.8 Å². The van der Waals surface area contributed by atoms with Crippen LogP contribution in [-0.2, 0) is 10.0 Å². The van der Waals surface area contributed by atoms with Gasteiger partial charge in [-0.1, -0.05) is 20.8 Å². The fourth-order valence-corrected chi connectivity index (χ4v) is 2.91. The lowest BCUT2D eigenvalue weighted by molar-refractivity contribution is 0.397. The van der Waals surface area contributed by atoms with Gasteiger partial charge in [0.05, 0.1) is 11.4 Å². The standard InChI is InChI=1S/C13H20FN3O2S/c1-13(2,3)6-7-20(18,19)17-11-5-4-9(12(15)16)8-10(11)14/h4-5,8,17H,6-7H2,1-3H3,(H3,15,16). The molecule has 0 radical (unpaired) electrons. The van der Waals surface area contributed by atoms with E-state index >= 15 is 0 Å². The normalized spacial score (nSPS) is 12.2. The van der Waals surface area contributed by atoms with Gasteiger partial charge in [-0.05, 0) is 30.0 Å². The fourth-order valence-electron chi connectivity index (χ4n) is 1.42. The third-order valence-electron chi connectivity index (χ3n) is 2.67. The number of nitrogens with one attached hydrogen (secondary N) is 2. The van der Waals surface area contributed by atoms with E-state index in [1.165, 1.54) is 12.1 Å². The average molecular weight is 301 g/mol. The van der Waals surface area contributed by atoms with E-state index in [0.717, 1.165) is 6.07 Å². The lowest BCUT2D eigenvalue weighted by Gasteiger charge is -2.18. The summed E-state index contributed by atoms with van der Waals surface area (Å²) in [5.41, 5.74) is 5.19. The number of nitrogen functional groups attached to an aromatic ring is 1. The molecule has 4 N–H and O–H groups in total. The summed E-state index contributed by atoms with van der Waals surface area (Å²) in [7, 11) is -3.60. The first-order chi connectivity index (χ1) is 9.00. The molecule has 0 spiro atoms. The van der Waals surface area contributed by atoms with E-state index < -0.39 is 15.8 Å². The first-order valence-corrected chi connectivity index (χ1v) is 7.80. The maximum Gasteiger partial charge on any atom is 0.232 e. The third-order valence-corrected chi connectivity index (χ3v) is 3.94. The summed E-state index contributed by atoms with van der Waals surface area (Å²) >= 11 is 0. The number of nitrogens with two attached hydrogens (primary N) is 1. The molecule has 0 amide bonds. The molecule has 0 saturated heterocycles. The summed E-state index contributed by atoms with van der Waals surface area (Å²) in [5, 5.41) is 7.19. The Bertz CT molecular complexity index is 607. The van der Waals surface area contributed by atoms with Crippen molar-refractivity contribution in [3.05, 3.63) is 29.6 Å². The second kappa shape index (κ2) is 5.78. The second-order valence-corrected chi connectivity index (χ2v) is 7.68. The minimum absolute atomic E-state index is 0.0790. The van der Waals surface area contributed by atoms with Crippen molar-refractivity contribution in [2.24, 2.45) is 11.1 Å². The molecular weight excluding hydrogens is 281 g/mol. The Morgan fingerprint density at radius 3 is 2.45 bits per heavy atom. The van der Waals surface area contributed by atoms with Crippen LogP contribution in [0.2, 0.25) is 0 Å². The molecule has 0 aliphatic heterocycles. The number of rotatable bonds is 5. The molecule has 0 bridgehead atoms. The van der Waals surface area contributed by atoms with E-state index in [2.05, 4.69) is 4.72 Å². The largest absolute Gasteiger partial charge is 0.384 e. The Morgan fingerprint density at radius 1 is 1.40 bits per heavy atom. The SMILES string of the molecule is CC(C)(C)CCS(=O)(=O)Nc1ccc(C(=N)N)cc1F. The molecule has 0 fully saturated rings. The monoisotopic (exact) mass is 301 g/mol. The van der Waals surface area contributed by atoms with E-state index in [4.69, 9.17) is 11.1 Å². The van der Waals surface area contributed by atoms with Gasteiger partial charge in [0.25, 0.3) is 0 Å². The van der Waals surface area contributed by atoms with Crippen LogP contribution in [0.25, 0.3) is 0 Å². The molecule has 1 aromatic carbocycles. The average Bonchev–Trinajstić information content (AvgIpc) is 2.28. The quantitative estimate of drug-likeness (QED) is 0.575. The van der Waals surface area contributed by atoms with Crippen LogP contribution in [0.15, 0.2) is 18.2 Å². The minimum Gasteiger partial charge on any atom is -0.384 e. The van der Waals surface area contributed by atoms with Crippen LogP contribution in [0.5, 0.6) is 0 Å². The van der Waals surface area contributed by atoms with Gasteiger partial charge in [0.2, 0.25) is 10.0 Å². The zero-order valence-electron chi connectivity index (χ0n) is 11.8. The zero-order valence-corrected chi connectivity index (χ0v) is 12.6.